The van der Waals surface area contributed by atoms with Crippen molar-refractivity contribution in [1.82, 2.24) is 4.90 Å². The van der Waals surface area contributed by atoms with Crippen LogP contribution in [0.5, 0.6) is 17.2 Å². The molecule has 1 amide bonds. The highest BCUT2D eigenvalue weighted by Gasteiger charge is 2.65. The number of carbonyl (C=O) groups excluding carboxylic acids is 1. The van der Waals surface area contributed by atoms with Crippen molar-refractivity contribution in [2.24, 2.45) is 22.9 Å². The number of ether oxygens (including phenoxy) is 3. The van der Waals surface area contributed by atoms with Crippen molar-refractivity contribution in [1.29, 1.82) is 5.26 Å². The van der Waals surface area contributed by atoms with Gasteiger partial charge in [-0.25, -0.2) is 0 Å². The Balaban J connectivity index is 1.28. The number of oxime groups is 1. The molecule has 0 spiro atoms. The first-order valence-corrected chi connectivity index (χ1v) is 25.0. The third kappa shape index (κ3) is 10.4. The molecule has 6 aromatic carbocycles. The van der Waals surface area contributed by atoms with Crippen molar-refractivity contribution in [3.05, 3.63) is 197 Å². The van der Waals surface area contributed by atoms with Gasteiger partial charge in [0.1, 0.15) is 29.9 Å². The zero-order valence-electron chi connectivity index (χ0n) is 40.7. The van der Waals surface area contributed by atoms with Crippen molar-refractivity contribution in [2.75, 3.05) is 19.8 Å². The average Bonchev–Trinajstić information content (AvgIpc) is 3.40. The van der Waals surface area contributed by atoms with Gasteiger partial charge in [0, 0.05) is 43.2 Å². The second kappa shape index (κ2) is 22.4. The van der Waals surface area contributed by atoms with E-state index < -0.39 is 17.7 Å². The van der Waals surface area contributed by atoms with Crippen LogP contribution in [0.4, 0.5) is 0 Å². The lowest BCUT2D eigenvalue weighted by atomic mass is 9.55. The summed E-state index contributed by atoms with van der Waals surface area (Å²) in [5.41, 5.74) is 7.68. The van der Waals surface area contributed by atoms with Crippen LogP contribution in [0.15, 0.2) is 163 Å². The Morgan fingerprint density at radius 3 is 2.35 bits per heavy atom. The summed E-state index contributed by atoms with van der Waals surface area (Å²) >= 11 is 0. The number of aliphatic hydroxyl groups is 2. The Morgan fingerprint density at radius 1 is 0.859 bits per heavy atom. The van der Waals surface area contributed by atoms with Gasteiger partial charge in [0.15, 0.2) is 0 Å². The zero-order valence-corrected chi connectivity index (χ0v) is 40.7. The van der Waals surface area contributed by atoms with Gasteiger partial charge in [-0.2, -0.15) is 5.26 Å². The maximum atomic E-state index is 15.7. The molecule has 3 aliphatic rings. The number of aliphatic hydroxyl groups excluding tert-OH is 2. The Hall–Kier alpha value is -7.03. The fraction of sp³-hybridized carbons (Fsp3) is 0.328. The van der Waals surface area contributed by atoms with Crippen molar-refractivity contribution >= 4 is 22.4 Å². The molecule has 0 bridgehead atoms. The van der Waals surface area contributed by atoms with Crippen LogP contribution in [0, 0.1) is 42.9 Å². The lowest BCUT2D eigenvalue weighted by molar-refractivity contribution is -0.255. The zero-order chi connectivity index (χ0) is 49.3. The van der Waals surface area contributed by atoms with Gasteiger partial charge in [0.05, 0.1) is 29.9 Å². The number of benzene rings is 6. The molecule has 10 heteroatoms. The number of allylic oxidation sites excluding steroid dienone is 1. The Kier molecular flexibility index (Phi) is 15.4. The van der Waals surface area contributed by atoms with Crippen LogP contribution in [0.25, 0.3) is 10.8 Å². The van der Waals surface area contributed by atoms with Gasteiger partial charge >= 0.3 is 0 Å². The van der Waals surface area contributed by atoms with Crippen molar-refractivity contribution in [3.8, 4) is 23.3 Å². The van der Waals surface area contributed by atoms with E-state index in [-0.39, 0.29) is 63.1 Å². The Bertz CT molecular complexity index is 2940. The first-order chi connectivity index (χ1) is 34.7. The molecule has 1 fully saturated rings. The summed E-state index contributed by atoms with van der Waals surface area (Å²) in [5, 5.41) is 37.1. The summed E-state index contributed by atoms with van der Waals surface area (Å²) in [6.45, 7) is 9.02. The fourth-order valence-corrected chi connectivity index (χ4v) is 11.2. The standard InChI is InChI=1S/C61H63N3O7/c1-4-33-68-61-57(64(60(67)46-26-24-43(38-62)25-27-46)39-48-20-14-19-45-17-8-9-21-51(45)48)37-55(63-69-40-44-15-6-5-7-16-44)53-35-47(18-10-12-31-65)52(22-11-13-32-66)58(59(53)61)54-36-50(29-30-56(54)71-61)70-49-28-23-41(2)42(3)34-49/h4-9,14-17,19-21,23-30,34-36,47,52,57-59,65-66H,1,10-13,18,22,31-33,37,39-40H2,2-3H3. The van der Waals surface area contributed by atoms with Gasteiger partial charge in [-0.1, -0.05) is 109 Å². The van der Waals surface area contributed by atoms with Gasteiger partial charge in [-0.3, -0.25) is 4.79 Å². The molecule has 0 saturated heterocycles. The van der Waals surface area contributed by atoms with Gasteiger partial charge in [-0.05, 0) is 145 Å². The molecule has 1 saturated carbocycles. The van der Waals surface area contributed by atoms with E-state index in [9.17, 15) is 15.5 Å². The number of fused-ring (bicyclic) bond motifs is 3. The molecular formula is C61H63N3O7. The van der Waals surface area contributed by atoms with Crippen molar-refractivity contribution < 1.29 is 34.1 Å². The van der Waals surface area contributed by atoms with Crippen LogP contribution in [0.3, 0.4) is 0 Å². The minimum absolute atomic E-state index is 0.0196. The van der Waals surface area contributed by atoms with Crippen LogP contribution in [0.2, 0.25) is 0 Å². The summed E-state index contributed by atoms with van der Waals surface area (Å²) in [4.78, 5) is 24.0. The third-order valence-electron chi connectivity index (χ3n) is 14.7. The SMILES string of the molecule is C=CCOC12Oc3ccc(Oc4ccc(C)c(C)c4)cc3C3C(CCCCO)C(CCCCO)C=C(C(=NOCc4ccccc4)CC1N(Cc1cccc4ccccc14)C(=O)c1ccc(C#N)cc1)C32. The van der Waals surface area contributed by atoms with Gasteiger partial charge < -0.3 is 34.2 Å². The lowest BCUT2D eigenvalue weighted by Gasteiger charge is -2.60. The number of hydrogen-bond donors (Lipinski definition) is 2. The molecule has 0 aromatic heterocycles. The summed E-state index contributed by atoms with van der Waals surface area (Å²) in [7, 11) is 0. The number of hydrogen-bond acceptors (Lipinski definition) is 9. The summed E-state index contributed by atoms with van der Waals surface area (Å²) in [6.07, 6.45) is 8.83. The van der Waals surface area contributed by atoms with E-state index in [1.165, 1.54) is 5.56 Å². The largest absolute Gasteiger partial charge is 0.459 e. The minimum atomic E-state index is -1.50. The first kappa shape index (κ1) is 49.0. The summed E-state index contributed by atoms with van der Waals surface area (Å²) < 4.78 is 21.6. The molecule has 71 heavy (non-hydrogen) atoms. The van der Waals surface area contributed by atoms with Gasteiger partial charge in [0.2, 0.25) is 5.79 Å². The highest BCUT2D eigenvalue weighted by molar-refractivity contribution is 6.03. The fourth-order valence-electron chi connectivity index (χ4n) is 11.2. The van der Waals surface area contributed by atoms with Crippen LogP contribution < -0.4 is 9.47 Å². The molecule has 364 valence electrons. The second-order valence-electron chi connectivity index (χ2n) is 19.1. The maximum absolute atomic E-state index is 15.7. The summed E-state index contributed by atoms with van der Waals surface area (Å²) in [6, 6.07) is 44.6. The number of aryl methyl sites for hydroxylation is 2. The number of rotatable bonds is 20. The van der Waals surface area contributed by atoms with Gasteiger partial charge in [0.25, 0.3) is 5.91 Å². The number of nitriles is 1. The van der Waals surface area contributed by atoms with Crippen molar-refractivity contribution in [3.63, 3.8) is 0 Å². The normalized spacial score (nSPS) is 21.5. The third-order valence-corrected chi connectivity index (χ3v) is 14.7. The van der Waals surface area contributed by atoms with E-state index in [1.807, 2.05) is 71.6 Å². The van der Waals surface area contributed by atoms with E-state index >= 15 is 4.79 Å². The molecular weight excluding hydrogens is 887 g/mol. The number of amides is 1. The Morgan fingerprint density at radius 2 is 1.59 bits per heavy atom. The molecule has 2 aliphatic carbocycles. The van der Waals surface area contributed by atoms with E-state index in [4.69, 9.17) is 24.2 Å². The van der Waals surface area contributed by atoms with E-state index in [2.05, 4.69) is 75.0 Å². The van der Waals surface area contributed by atoms with Crippen LogP contribution >= 0.6 is 0 Å². The molecule has 2 N–H and O–H groups in total. The number of carbonyl (C=O) groups is 1. The van der Waals surface area contributed by atoms with E-state index in [1.54, 1.807) is 30.3 Å². The van der Waals surface area contributed by atoms with E-state index in [0.717, 1.165) is 70.0 Å². The van der Waals surface area contributed by atoms with E-state index in [0.29, 0.717) is 41.2 Å². The average molecular weight is 950 g/mol. The smallest absolute Gasteiger partial charge is 0.254 e. The highest BCUT2D eigenvalue weighted by Crippen LogP contribution is 2.62. The molecule has 1 aliphatic heterocycles. The molecule has 10 nitrogen and oxygen atoms in total. The topological polar surface area (TPSA) is 134 Å². The maximum Gasteiger partial charge on any atom is 0.254 e. The first-order valence-electron chi connectivity index (χ1n) is 25.0. The molecule has 9 rings (SSSR count). The van der Waals surface area contributed by atoms with Crippen LogP contribution in [-0.2, 0) is 22.7 Å². The quantitative estimate of drug-likeness (QED) is 0.0439. The molecule has 1 heterocycles. The molecule has 0 radical (unpaired) electrons. The van der Waals surface area contributed by atoms with Gasteiger partial charge in [-0.15, -0.1) is 6.58 Å². The molecule has 6 aromatic rings. The van der Waals surface area contributed by atoms with Crippen LogP contribution in [0.1, 0.15) is 94.6 Å². The molecule has 6 unspecified atom stereocenters. The predicted molar refractivity (Wildman–Crippen MR) is 277 cm³/mol. The monoisotopic (exact) mass is 949 g/mol. The predicted octanol–water partition coefficient (Wildman–Crippen LogP) is 12.3. The molecule has 6 atom stereocenters. The summed E-state index contributed by atoms with van der Waals surface area (Å²) in [5.74, 6) is -0.440. The number of unbranched alkanes of at least 4 members (excludes halogenated alkanes) is 2. The minimum Gasteiger partial charge on any atom is -0.459 e. The highest BCUT2D eigenvalue weighted by atomic mass is 16.7. The van der Waals surface area contributed by atoms with Crippen molar-refractivity contribution in [2.45, 2.75) is 89.7 Å². The Labute approximate surface area is 417 Å². The lowest BCUT2D eigenvalue weighted by Crippen LogP contribution is -2.70. The number of nitrogens with zero attached hydrogens (tertiary/aromatic N) is 3. The van der Waals surface area contributed by atoms with Crippen LogP contribution in [-0.4, -0.2) is 58.4 Å². The second-order valence-corrected chi connectivity index (χ2v) is 19.1.